The standard InChI is InChI=1S/C16H21NO2/c1-3-4-12-19-15(18)16(2,13-17)11-10-14-8-6-5-7-9-14/h5-9H,3-4,10-12H2,1-2H3. The number of rotatable bonds is 7. The Labute approximate surface area is 115 Å². The Morgan fingerprint density at radius 3 is 2.63 bits per heavy atom. The zero-order valence-corrected chi connectivity index (χ0v) is 11.7. The number of benzene rings is 1. The first-order valence-corrected chi connectivity index (χ1v) is 6.75. The molecule has 0 aliphatic rings. The van der Waals surface area contributed by atoms with Gasteiger partial charge in [0.25, 0.3) is 0 Å². The number of nitrogens with zero attached hydrogens (tertiary/aromatic N) is 1. The molecule has 0 aromatic heterocycles. The highest BCUT2D eigenvalue weighted by Gasteiger charge is 2.34. The second kappa shape index (κ2) is 7.58. The van der Waals surface area contributed by atoms with E-state index in [0.717, 1.165) is 18.4 Å². The van der Waals surface area contributed by atoms with Crippen LogP contribution in [-0.2, 0) is 16.0 Å². The van der Waals surface area contributed by atoms with Crippen LogP contribution in [0.5, 0.6) is 0 Å². The van der Waals surface area contributed by atoms with E-state index in [1.807, 2.05) is 37.3 Å². The van der Waals surface area contributed by atoms with Crippen molar-refractivity contribution in [2.75, 3.05) is 6.61 Å². The van der Waals surface area contributed by atoms with Gasteiger partial charge in [-0.15, -0.1) is 0 Å². The van der Waals surface area contributed by atoms with Gasteiger partial charge in [-0.1, -0.05) is 43.7 Å². The summed E-state index contributed by atoms with van der Waals surface area (Å²) in [4.78, 5) is 11.9. The van der Waals surface area contributed by atoms with Crippen molar-refractivity contribution in [3.63, 3.8) is 0 Å². The number of ether oxygens (including phenoxy) is 1. The van der Waals surface area contributed by atoms with Gasteiger partial charge in [0.1, 0.15) is 0 Å². The lowest BCUT2D eigenvalue weighted by Gasteiger charge is -2.19. The zero-order valence-electron chi connectivity index (χ0n) is 11.7. The van der Waals surface area contributed by atoms with Crippen LogP contribution in [0.2, 0.25) is 0 Å². The molecule has 1 unspecified atom stereocenters. The Kier molecular flexibility index (Phi) is 6.08. The molecular formula is C16H21NO2. The number of carbonyl (C=O) groups is 1. The van der Waals surface area contributed by atoms with Gasteiger partial charge in [0.05, 0.1) is 12.7 Å². The molecular weight excluding hydrogens is 238 g/mol. The van der Waals surface area contributed by atoms with Crippen LogP contribution >= 0.6 is 0 Å². The van der Waals surface area contributed by atoms with Crippen molar-refractivity contribution in [2.24, 2.45) is 5.41 Å². The average Bonchev–Trinajstić information content (AvgIpc) is 2.46. The monoisotopic (exact) mass is 259 g/mol. The molecule has 1 rings (SSSR count). The molecule has 0 saturated heterocycles. The van der Waals surface area contributed by atoms with E-state index in [1.165, 1.54) is 0 Å². The van der Waals surface area contributed by atoms with Gasteiger partial charge in [-0.05, 0) is 31.7 Å². The first kappa shape index (κ1) is 15.2. The van der Waals surface area contributed by atoms with Gasteiger partial charge in [0.2, 0.25) is 0 Å². The van der Waals surface area contributed by atoms with E-state index >= 15 is 0 Å². The van der Waals surface area contributed by atoms with Crippen LogP contribution in [0.3, 0.4) is 0 Å². The Hall–Kier alpha value is -1.82. The smallest absolute Gasteiger partial charge is 0.326 e. The van der Waals surface area contributed by atoms with E-state index in [9.17, 15) is 10.1 Å². The van der Waals surface area contributed by atoms with Gasteiger partial charge < -0.3 is 4.74 Å². The zero-order chi connectivity index (χ0) is 14.1. The van der Waals surface area contributed by atoms with E-state index in [0.29, 0.717) is 19.4 Å². The molecule has 0 heterocycles. The maximum Gasteiger partial charge on any atom is 0.326 e. The molecule has 0 N–H and O–H groups in total. The van der Waals surface area contributed by atoms with E-state index in [2.05, 4.69) is 6.07 Å². The summed E-state index contributed by atoms with van der Waals surface area (Å²) >= 11 is 0. The van der Waals surface area contributed by atoms with Gasteiger partial charge in [0, 0.05) is 0 Å². The Morgan fingerprint density at radius 1 is 1.37 bits per heavy atom. The quantitative estimate of drug-likeness (QED) is 0.556. The van der Waals surface area contributed by atoms with Gasteiger partial charge in [0.15, 0.2) is 5.41 Å². The highest BCUT2D eigenvalue weighted by Crippen LogP contribution is 2.24. The Balaban J connectivity index is 2.55. The summed E-state index contributed by atoms with van der Waals surface area (Å²) in [6, 6.07) is 12.0. The molecule has 0 spiro atoms. The average molecular weight is 259 g/mol. The van der Waals surface area contributed by atoms with E-state index in [-0.39, 0.29) is 0 Å². The van der Waals surface area contributed by atoms with Crippen molar-refractivity contribution < 1.29 is 9.53 Å². The Morgan fingerprint density at radius 2 is 2.05 bits per heavy atom. The van der Waals surface area contributed by atoms with Crippen LogP contribution in [0.15, 0.2) is 30.3 Å². The third kappa shape index (κ3) is 4.75. The van der Waals surface area contributed by atoms with E-state index in [1.54, 1.807) is 6.92 Å². The normalized spacial score (nSPS) is 13.3. The van der Waals surface area contributed by atoms with Crippen LogP contribution in [-0.4, -0.2) is 12.6 Å². The van der Waals surface area contributed by atoms with Crippen LogP contribution in [0.4, 0.5) is 0 Å². The number of carbonyl (C=O) groups excluding carboxylic acids is 1. The predicted octanol–water partition coefficient (Wildman–Crippen LogP) is 3.49. The maximum atomic E-state index is 11.9. The van der Waals surface area contributed by atoms with Crippen LogP contribution in [0.25, 0.3) is 0 Å². The molecule has 0 bridgehead atoms. The summed E-state index contributed by atoms with van der Waals surface area (Å²) in [5.41, 5.74) is 0.0779. The third-order valence-corrected chi connectivity index (χ3v) is 3.18. The molecule has 3 nitrogen and oxygen atoms in total. The number of aryl methyl sites for hydroxylation is 1. The highest BCUT2D eigenvalue weighted by molar-refractivity contribution is 5.79. The summed E-state index contributed by atoms with van der Waals surface area (Å²) in [6.07, 6.45) is 3.00. The van der Waals surface area contributed by atoms with Crippen molar-refractivity contribution in [2.45, 2.75) is 39.5 Å². The minimum atomic E-state index is -1.05. The molecule has 3 heteroatoms. The minimum absolute atomic E-state index is 0.401. The van der Waals surface area contributed by atoms with Crippen molar-refractivity contribution in [3.8, 4) is 6.07 Å². The second-order valence-corrected chi connectivity index (χ2v) is 4.92. The highest BCUT2D eigenvalue weighted by atomic mass is 16.5. The van der Waals surface area contributed by atoms with Crippen LogP contribution < -0.4 is 0 Å². The molecule has 0 fully saturated rings. The predicted molar refractivity (Wildman–Crippen MR) is 74.4 cm³/mol. The van der Waals surface area contributed by atoms with Crippen molar-refractivity contribution in [3.05, 3.63) is 35.9 Å². The van der Waals surface area contributed by atoms with Gasteiger partial charge in [-0.25, -0.2) is 0 Å². The minimum Gasteiger partial charge on any atom is -0.465 e. The number of hydrogen-bond donors (Lipinski definition) is 0. The first-order chi connectivity index (χ1) is 9.12. The van der Waals surface area contributed by atoms with Crippen LogP contribution in [0, 0.1) is 16.7 Å². The molecule has 102 valence electrons. The fourth-order valence-electron chi connectivity index (χ4n) is 1.71. The summed E-state index contributed by atoms with van der Waals surface area (Å²) < 4.78 is 5.17. The molecule has 0 aliphatic heterocycles. The molecule has 0 saturated carbocycles. The SMILES string of the molecule is CCCCOC(=O)C(C)(C#N)CCc1ccccc1. The molecule has 0 aliphatic carbocycles. The maximum absolute atomic E-state index is 11.9. The number of hydrogen-bond acceptors (Lipinski definition) is 3. The number of esters is 1. The lowest BCUT2D eigenvalue weighted by atomic mass is 9.85. The van der Waals surface area contributed by atoms with Crippen molar-refractivity contribution in [1.82, 2.24) is 0 Å². The number of unbranched alkanes of at least 4 members (excludes halogenated alkanes) is 1. The van der Waals surface area contributed by atoms with Crippen molar-refractivity contribution >= 4 is 5.97 Å². The summed E-state index contributed by atoms with van der Waals surface area (Å²) in [7, 11) is 0. The van der Waals surface area contributed by atoms with E-state index in [4.69, 9.17) is 4.74 Å². The van der Waals surface area contributed by atoms with Gasteiger partial charge in [-0.2, -0.15) is 5.26 Å². The van der Waals surface area contributed by atoms with E-state index < -0.39 is 11.4 Å². The third-order valence-electron chi connectivity index (χ3n) is 3.18. The molecule has 0 radical (unpaired) electrons. The molecule has 1 atom stereocenters. The van der Waals surface area contributed by atoms with Gasteiger partial charge in [-0.3, -0.25) is 4.79 Å². The summed E-state index contributed by atoms with van der Waals surface area (Å²) in [6.45, 7) is 4.09. The molecule has 1 aromatic rings. The fraction of sp³-hybridized carbons (Fsp3) is 0.500. The topological polar surface area (TPSA) is 50.1 Å². The molecule has 1 aromatic carbocycles. The molecule has 19 heavy (non-hydrogen) atoms. The fourth-order valence-corrected chi connectivity index (χ4v) is 1.71. The lowest BCUT2D eigenvalue weighted by molar-refractivity contribution is -0.152. The Bertz CT molecular complexity index is 436. The lowest BCUT2D eigenvalue weighted by Crippen LogP contribution is -2.29. The summed E-state index contributed by atoms with van der Waals surface area (Å²) in [5, 5.41) is 9.24. The van der Waals surface area contributed by atoms with Crippen LogP contribution in [0.1, 0.15) is 38.7 Å². The van der Waals surface area contributed by atoms with Gasteiger partial charge >= 0.3 is 5.97 Å². The second-order valence-electron chi connectivity index (χ2n) is 4.92. The number of nitriles is 1. The first-order valence-electron chi connectivity index (χ1n) is 6.75. The molecule has 0 amide bonds. The van der Waals surface area contributed by atoms with Crippen molar-refractivity contribution in [1.29, 1.82) is 5.26 Å². The largest absolute Gasteiger partial charge is 0.465 e. The summed E-state index contributed by atoms with van der Waals surface area (Å²) in [5.74, 6) is -0.403.